The maximum absolute atomic E-state index is 12.5. The van der Waals surface area contributed by atoms with Crippen LogP contribution in [-0.2, 0) is 6.54 Å². The first-order chi connectivity index (χ1) is 9.08. The largest absolute Gasteiger partial charge is 0.337 e. The van der Waals surface area contributed by atoms with Crippen molar-refractivity contribution in [2.24, 2.45) is 11.1 Å². The first kappa shape index (κ1) is 14.5. The molecule has 1 unspecified atom stereocenters. The van der Waals surface area contributed by atoms with E-state index in [0.29, 0.717) is 12.2 Å². The lowest BCUT2D eigenvalue weighted by Gasteiger charge is -2.40. The Morgan fingerprint density at radius 1 is 1.63 bits per heavy atom. The van der Waals surface area contributed by atoms with Gasteiger partial charge < -0.3 is 10.6 Å². The summed E-state index contributed by atoms with van der Waals surface area (Å²) in [6.07, 6.45) is 4.67. The number of nitrogens with zero attached hydrogens (tertiary/aromatic N) is 2. The molecular weight excluding hydrogens is 258 g/mol. The number of thiazole rings is 1. The van der Waals surface area contributed by atoms with Crippen molar-refractivity contribution in [2.45, 2.75) is 46.1 Å². The lowest BCUT2D eigenvalue weighted by atomic mass is 9.78. The van der Waals surface area contributed by atoms with Gasteiger partial charge in [0.15, 0.2) is 0 Å². The Kier molecular flexibility index (Phi) is 4.58. The molecule has 0 spiro atoms. The Morgan fingerprint density at radius 3 is 3.05 bits per heavy atom. The van der Waals surface area contributed by atoms with E-state index in [1.54, 1.807) is 0 Å². The molecule has 1 atom stereocenters. The molecule has 1 aromatic heterocycles. The molecule has 0 aromatic carbocycles. The third kappa shape index (κ3) is 3.34. The van der Waals surface area contributed by atoms with E-state index < -0.39 is 0 Å². The van der Waals surface area contributed by atoms with Gasteiger partial charge in [-0.05, 0) is 24.7 Å². The fraction of sp³-hybridized carbons (Fsp3) is 0.714. The molecule has 2 N–H and O–H groups in total. The van der Waals surface area contributed by atoms with Gasteiger partial charge in [0.2, 0.25) is 0 Å². The summed E-state index contributed by atoms with van der Waals surface area (Å²) in [7, 11) is 0. The number of hydrogen-bond donors (Lipinski definition) is 1. The summed E-state index contributed by atoms with van der Waals surface area (Å²) in [4.78, 5) is 18.7. The summed E-state index contributed by atoms with van der Waals surface area (Å²) in [5, 5.41) is 2.66. The molecule has 1 fully saturated rings. The van der Waals surface area contributed by atoms with Crippen LogP contribution in [0.1, 0.15) is 55.0 Å². The Bertz CT molecular complexity index is 442. The molecule has 1 amide bonds. The highest BCUT2D eigenvalue weighted by Gasteiger charge is 2.33. The fourth-order valence-corrected chi connectivity index (χ4v) is 3.61. The smallest absolute Gasteiger partial charge is 0.273 e. The quantitative estimate of drug-likeness (QED) is 0.923. The van der Waals surface area contributed by atoms with Crippen LogP contribution in [0.5, 0.6) is 0 Å². The number of nitrogens with two attached hydrogens (primary N) is 1. The molecule has 19 heavy (non-hydrogen) atoms. The van der Waals surface area contributed by atoms with Crippen molar-refractivity contribution in [3.8, 4) is 0 Å². The van der Waals surface area contributed by atoms with Crippen LogP contribution in [0.15, 0.2) is 5.38 Å². The number of carbonyl (C=O) groups is 1. The Balaban J connectivity index is 2.06. The Morgan fingerprint density at radius 2 is 2.42 bits per heavy atom. The summed E-state index contributed by atoms with van der Waals surface area (Å²) in [5.74, 6) is 0.0676. The minimum absolute atomic E-state index is 0.0676. The van der Waals surface area contributed by atoms with Crippen LogP contribution in [-0.4, -0.2) is 28.9 Å². The maximum Gasteiger partial charge on any atom is 0.273 e. The van der Waals surface area contributed by atoms with Crippen LogP contribution in [0, 0.1) is 5.41 Å². The molecular formula is C14H23N3OS. The molecule has 1 aliphatic rings. The Hall–Kier alpha value is -0.940. The number of carbonyl (C=O) groups excluding carboxylic acids is 1. The van der Waals surface area contributed by atoms with Crippen molar-refractivity contribution in [1.82, 2.24) is 9.88 Å². The van der Waals surface area contributed by atoms with Gasteiger partial charge in [-0.1, -0.05) is 20.3 Å². The maximum atomic E-state index is 12.5. The molecule has 2 heterocycles. The zero-order chi connectivity index (χ0) is 13.9. The number of piperidine rings is 1. The highest BCUT2D eigenvalue weighted by Crippen LogP contribution is 2.34. The molecule has 5 heteroatoms. The average molecular weight is 281 g/mol. The minimum Gasteiger partial charge on any atom is -0.337 e. The summed E-state index contributed by atoms with van der Waals surface area (Å²) in [5.41, 5.74) is 6.38. The van der Waals surface area contributed by atoms with Crippen LogP contribution in [0.25, 0.3) is 0 Å². The van der Waals surface area contributed by atoms with E-state index in [-0.39, 0.29) is 11.3 Å². The van der Waals surface area contributed by atoms with Crippen molar-refractivity contribution in [2.75, 3.05) is 13.1 Å². The van der Waals surface area contributed by atoms with Crippen LogP contribution < -0.4 is 5.73 Å². The van der Waals surface area contributed by atoms with Gasteiger partial charge in [0, 0.05) is 25.0 Å². The number of hydrogen-bond acceptors (Lipinski definition) is 4. The zero-order valence-corrected chi connectivity index (χ0v) is 12.6. The first-order valence-corrected chi connectivity index (χ1v) is 7.90. The zero-order valence-electron chi connectivity index (χ0n) is 11.8. The minimum atomic E-state index is 0.0676. The summed E-state index contributed by atoms with van der Waals surface area (Å²) in [6.45, 7) is 6.62. The molecule has 0 aliphatic carbocycles. The van der Waals surface area contributed by atoms with Crippen molar-refractivity contribution in [3.63, 3.8) is 0 Å². The fourth-order valence-electron chi connectivity index (χ4n) is 2.96. The molecule has 0 radical (unpaired) electrons. The van der Waals surface area contributed by atoms with E-state index in [2.05, 4.69) is 18.8 Å². The number of rotatable bonds is 4. The highest BCUT2D eigenvalue weighted by molar-refractivity contribution is 7.09. The highest BCUT2D eigenvalue weighted by atomic mass is 32.1. The van der Waals surface area contributed by atoms with E-state index >= 15 is 0 Å². The van der Waals surface area contributed by atoms with E-state index in [1.807, 2.05) is 10.3 Å². The van der Waals surface area contributed by atoms with Gasteiger partial charge in [0.25, 0.3) is 5.91 Å². The van der Waals surface area contributed by atoms with Gasteiger partial charge in [0.1, 0.15) is 10.7 Å². The van der Waals surface area contributed by atoms with E-state index in [4.69, 9.17) is 5.73 Å². The topological polar surface area (TPSA) is 59.2 Å². The van der Waals surface area contributed by atoms with E-state index in [1.165, 1.54) is 30.6 Å². The van der Waals surface area contributed by atoms with Crippen LogP contribution in [0.4, 0.5) is 0 Å². The van der Waals surface area contributed by atoms with E-state index in [0.717, 1.165) is 24.5 Å². The SMILES string of the molecule is CCCC1(C)CCCN(C(=O)c2csc(CN)n2)C1. The predicted octanol–water partition coefficient (Wildman–Crippen LogP) is 2.64. The second kappa shape index (κ2) is 6.01. The summed E-state index contributed by atoms with van der Waals surface area (Å²) >= 11 is 1.47. The normalized spacial score (nSPS) is 23.6. The van der Waals surface area contributed by atoms with Crippen LogP contribution in [0.2, 0.25) is 0 Å². The van der Waals surface area contributed by atoms with Crippen LogP contribution in [0.3, 0.4) is 0 Å². The molecule has 1 saturated heterocycles. The van der Waals surface area contributed by atoms with Gasteiger partial charge in [0.05, 0.1) is 0 Å². The lowest BCUT2D eigenvalue weighted by Crippen LogP contribution is -2.44. The molecule has 2 rings (SSSR count). The van der Waals surface area contributed by atoms with E-state index in [9.17, 15) is 4.79 Å². The second-order valence-electron chi connectivity index (χ2n) is 5.72. The molecule has 1 aliphatic heterocycles. The number of amides is 1. The summed E-state index contributed by atoms with van der Waals surface area (Å²) < 4.78 is 0. The van der Waals surface area contributed by atoms with Gasteiger partial charge >= 0.3 is 0 Å². The monoisotopic (exact) mass is 281 g/mol. The van der Waals surface area contributed by atoms with Gasteiger partial charge in [-0.2, -0.15) is 0 Å². The van der Waals surface area contributed by atoms with Crippen molar-refractivity contribution < 1.29 is 4.79 Å². The molecule has 1 aromatic rings. The molecule has 106 valence electrons. The van der Waals surface area contributed by atoms with Gasteiger partial charge in [-0.3, -0.25) is 4.79 Å². The Labute approximate surface area is 119 Å². The summed E-state index contributed by atoms with van der Waals surface area (Å²) in [6, 6.07) is 0. The van der Waals surface area contributed by atoms with Crippen molar-refractivity contribution >= 4 is 17.2 Å². The molecule has 0 bridgehead atoms. The second-order valence-corrected chi connectivity index (χ2v) is 6.66. The van der Waals surface area contributed by atoms with Gasteiger partial charge in [-0.15, -0.1) is 11.3 Å². The van der Waals surface area contributed by atoms with Crippen molar-refractivity contribution in [1.29, 1.82) is 0 Å². The number of aromatic nitrogens is 1. The molecule has 4 nitrogen and oxygen atoms in total. The standard InChI is InChI=1S/C14H23N3OS/c1-3-5-14(2)6-4-7-17(10-14)13(18)11-9-19-12(8-15)16-11/h9H,3-8,10,15H2,1-2H3. The molecule has 0 saturated carbocycles. The lowest BCUT2D eigenvalue weighted by molar-refractivity contribution is 0.0525. The van der Waals surface area contributed by atoms with Crippen molar-refractivity contribution in [3.05, 3.63) is 16.1 Å². The van der Waals surface area contributed by atoms with Gasteiger partial charge in [-0.25, -0.2) is 4.98 Å². The first-order valence-electron chi connectivity index (χ1n) is 7.02. The van der Waals surface area contributed by atoms with Crippen LogP contribution >= 0.6 is 11.3 Å². The third-order valence-electron chi connectivity index (χ3n) is 3.87. The third-order valence-corrected chi connectivity index (χ3v) is 4.74. The predicted molar refractivity (Wildman–Crippen MR) is 78.2 cm³/mol. The average Bonchev–Trinajstić information content (AvgIpc) is 2.86. The number of likely N-dealkylation sites (tertiary alicyclic amines) is 1.